The summed E-state index contributed by atoms with van der Waals surface area (Å²) in [6, 6.07) is 32.3. The summed E-state index contributed by atoms with van der Waals surface area (Å²) in [5.41, 5.74) is 1.55. The molecule has 0 radical (unpaired) electrons. The Balaban J connectivity index is 2.22. The van der Waals surface area contributed by atoms with E-state index in [1.165, 1.54) is 15.9 Å². The predicted molar refractivity (Wildman–Crippen MR) is 155 cm³/mol. The molecule has 0 aromatic heterocycles. The van der Waals surface area contributed by atoms with Crippen molar-refractivity contribution in [3.05, 3.63) is 96.6 Å². The lowest BCUT2D eigenvalue weighted by atomic mass is 10.1. The molecule has 36 heavy (non-hydrogen) atoms. The van der Waals surface area contributed by atoms with Crippen LogP contribution < -0.4 is 15.1 Å². The normalized spacial score (nSPS) is 14.8. The van der Waals surface area contributed by atoms with Crippen molar-refractivity contribution in [2.24, 2.45) is 0 Å². The number of rotatable bonds is 13. The number of benzene rings is 3. The van der Waals surface area contributed by atoms with Crippen LogP contribution in [-0.4, -0.2) is 43.2 Å². The van der Waals surface area contributed by atoms with Crippen molar-refractivity contribution in [2.75, 3.05) is 20.5 Å². The van der Waals surface area contributed by atoms with Gasteiger partial charge in [-0.1, -0.05) is 108 Å². The molecule has 0 aliphatic heterocycles. The van der Waals surface area contributed by atoms with E-state index in [0.717, 1.165) is 12.8 Å². The van der Waals surface area contributed by atoms with Crippen LogP contribution in [0.5, 0.6) is 0 Å². The van der Waals surface area contributed by atoms with E-state index < -0.39 is 19.1 Å². The van der Waals surface area contributed by atoms with Crippen molar-refractivity contribution in [1.82, 2.24) is 4.72 Å². The standard InChI is InChI=1S/C30H41NO3SSi/c1-25(21-22-34-24-33-5)36(27-17-11-7-12-18-27,28-19-13-8-14-20-28)29(31-35(32)30(2,3)4)23-26-15-9-6-10-16-26/h6-20,25,29,31H,21-24H2,1-5H3/t25-,29+,35?/m0/s1. The second-order valence-electron chi connectivity index (χ2n) is 10.3. The fraction of sp³-hybridized carbons (Fsp3) is 0.400. The summed E-state index contributed by atoms with van der Waals surface area (Å²) >= 11 is 0. The van der Waals surface area contributed by atoms with Crippen molar-refractivity contribution in [1.29, 1.82) is 0 Å². The maximum absolute atomic E-state index is 13.7. The molecular formula is C30H41NO3SSi. The Hall–Kier alpha value is -2.09. The van der Waals surface area contributed by atoms with Gasteiger partial charge >= 0.3 is 0 Å². The molecule has 0 aliphatic rings. The van der Waals surface area contributed by atoms with E-state index in [2.05, 4.69) is 96.6 Å². The van der Waals surface area contributed by atoms with Gasteiger partial charge in [0.15, 0.2) is 0 Å². The van der Waals surface area contributed by atoms with Gasteiger partial charge in [-0.3, -0.25) is 0 Å². The number of methoxy groups -OCH3 is 1. The first kappa shape index (κ1) is 28.5. The van der Waals surface area contributed by atoms with Crippen LogP contribution in [0.1, 0.15) is 39.7 Å². The Morgan fingerprint density at radius 1 is 0.861 bits per heavy atom. The van der Waals surface area contributed by atoms with Crippen molar-refractivity contribution < 1.29 is 13.7 Å². The molecule has 0 amide bonds. The largest absolute Gasteiger partial charge is 0.359 e. The predicted octanol–water partition coefficient (Wildman–Crippen LogP) is 4.85. The second-order valence-corrected chi connectivity index (χ2v) is 16.9. The average Bonchev–Trinajstić information content (AvgIpc) is 2.88. The maximum atomic E-state index is 13.7. The lowest BCUT2D eigenvalue weighted by Crippen LogP contribution is -2.73. The maximum Gasteiger partial charge on any atom is 0.146 e. The molecule has 0 saturated carbocycles. The monoisotopic (exact) mass is 523 g/mol. The summed E-state index contributed by atoms with van der Waals surface area (Å²) in [6.07, 6.45) is 1.68. The van der Waals surface area contributed by atoms with Crippen molar-refractivity contribution in [3.8, 4) is 0 Å². The molecule has 6 heteroatoms. The number of hydrogen-bond donors (Lipinski definition) is 1. The van der Waals surface area contributed by atoms with Gasteiger partial charge in [0.2, 0.25) is 0 Å². The number of nitrogens with one attached hydrogen (secondary N) is 1. The molecule has 0 fully saturated rings. The summed E-state index contributed by atoms with van der Waals surface area (Å²) in [5.74, 6) is 0. The zero-order valence-corrected chi connectivity index (χ0v) is 24.1. The minimum absolute atomic E-state index is 0.00202. The van der Waals surface area contributed by atoms with Crippen LogP contribution in [-0.2, 0) is 26.9 Å². The van der Waals surface area contributed by atoms with Gasteiger partial charge in [0.05, 0.1) is 15.7 Å². The van der Waals surface area contributed by atoms with E-state index in [1.807, 2.05) is 26.8 Å². The molecule has 3 aromatic carbocycles. The van der Waals surface area contributed by atoms with Crippen LogP contribution in [0.25, 0.3) is 0 Å². The van der Waals surface area contributed by atoms with Gasteiger partial charge in [0.1, 0.15) is 14.9 Å². The molecule has 1 N–H and O–H groups in total. The van der Waals surface area contributed by atoms with Crippen LogP contribution in [0.4, 0.5) is 0 Å². The highest BCUT2D eigenvalue weighted by Gasteiger charge is 2.49. The molecule has 3 aromatic rings. The minimum atomic E-state index is -2.59. The SMILES string of the molecule is COCOCC[C@H](C)[Si](c1ccccc1)(c1ccccc1)[C@H](Cc1ccccc1)NS(=O)C(C)(C)C. The van der Waals surface area contributed by atoms with E-state index in [4.69, 9.17) is 9.47 Å². The Bertz CT molecular complexity index is 1020. The van der Waals surface area contributed by atoms with Gasteiger partial charge < -0.3 is 9.47 Å². The van der Waals surface area contributed by atoms with E-state index in [1.54, 1.807) is 7.11 Å². The molecular weight excluding hydrogens is 482 g/mol. The Labute approximate surface area is 221 Å². The van der Waals surface area contributed by atoms with Crippen LogP contribution in [0.3, 0.4) is 0 Å². The van der Waals surface area contributed by atoms with Crippen molar-refractivity contribution in [2.45, 2.75) is 56.5 Å². The first-order chi connectivity index (χ1) is 17.3. The molecule has 0 saturated heterocycles. The quantitative estimate of drug-likeness (QED) is 0.198. The van der Waals surface area contributed by atoms with Gasteiger partial charge in [0, 0.05) is 19.4 Å². The third-order valence-electron chi connectivity index (χ3n) is 6.81. The average molecular weight is 524 g/mol. The van der Waals surface area contributed by atoms with E-state index in [9.17, 15) is 4.21 Å². The van der Waals surface area contributed by atoms with E-state index in [0.29, 0.717) is 12.1 Å². The molecule has 194 valence electrons. The Morgan fingerprint density at radius 3 is 1.83 bits per heavy atom. The first-order valence-electron chi connectivity index (χ1n) is 12.7. The van der Waals surface area contributed by atoms with E-state index >= 15 is 0 Å². The third kappa shape index (κ3) is 7.02. The summed E-state index contributed by atoms with van der Waals surface area (Å²) in [4.78, 5) is 0. The smallest absolute Gasteiger partial charge is 0.146 e. The van der Waals surface area contributed by atoms with Crippen molar-refractivity contribution in [3.63, 3.8) is 0 Å². The highest BCUT2D eigenvalue weighted by Crippen LogP contribution is 2.31. The van der Waals surface area contributed by atoms with Crippen LogP contribution in [0, 0.1) is 0 Å². The Morgan fingerprint density at radius 2 is 1.36 bits per heavy atom. The lowest BCUT2D eigenvalue weighted by molar-refractivity contribution is -0.0312. The fourth-order valence-electron chi connectivity index (χ4n) is 4.99. The highest BCUT2D eigenvalue weighted by molar-refractivity contribution is 7.84. The third-order valence-corrected chi connectivity index (χ3v) is 14.5. The summed E-state index contributed by atoms with van der Waals surface area (Å²) in [6.45, 7) is 9.35. The minimum Gasteiger partial charge on any atom is -0.359 e. The van der Waals surface area contributed by atoms with Gasteiger partial charge in [-0.05, 0) is 44.7 Å². The molecule has 0 heterocycles. The molecule has 1 unspecified atom stereocenters. The fourth-order valence-corrected chi connectivity index (χ4v) is 12.3. The second kappa shape index (κ2) is 13.5. The van der Waals surface area contributed by atoms with Gasteiger partial charge in [-0.25, -0.2) is 8.93 Å². The van der Waals surface area contributed by atoms with Crippen molar-refractivity contribution >= 4 is 29.4 Å². The number of ether oxygens (including phenoxy) is 2. The Kier molecular flexibility index (Phi) is 10.6. The van der Waals surface area contributed by atoms with Crippen LogP contribution in [0.2, 0.25) is 5.54 Å². The molecule has 0 aliphatic carbocycles. The topological polar surface area (TPSA) is 47.6 Å². The molecule has 0 bridgehead atoms. The molecule has 3 atom stereocenters. The molecule has 3 rings (SSSR count). The lowest BCUT2D eigenvalue weighted by Gasteiger charge is -2.45. The zero-order valence-electron chi connectivity index (χ0n) is 22.3. The number of hydrogen-bond acceptors (Lipinski definition) is 3. The van der Waals surface area contributed by atoms with Crippen LogP contribution in [0.15, 0.2) is 91.0 Å². The van der Waals surface area contributed by atoms with Gasteiger partial charge in [-0.2, -0.15) is 0 Å². The zero-order chi connectivity index (χ0) is 26.0. The van der Waals surface area contributed by atoms with E-state index in [-0.39, 0.29) is 17.2 Å². The highest BCUT2D eigenvalue weighted by atomic mass is 32.2. The van der Waals surface area contributed by atoms with Gasteiger partial charge in [0.25, 0.3) is 0 Å². The summed E-state index contributed by atoms with van der Waals surface area (Å²) in [7, 11) is -2.17. The summed E-state index contributed by atoms with van der Waals surface area (Å²) < 4.78 is 27.9. The van der Waals surface area contributed by atoms with Gasteiger partial charge in [-0.15, -0.1) is 0 Å². The first-order valence-corrected chi connectivity index (χ1v) is 16.0. The van der Waals surface area contributed by atoms with Crippen LogP contribution >= 0.6 is 0 Å². The summed E-state index contributed by atoms with van der Waals surface area (Å²) in [5, 5.41) is 2.68. The molecule has 0 spiro atoms. The molecule has 4 nitrogen and oxygen atoms in total.